The highest BCUT2D eigenvalue weighted by Crippen LogP contribution is 2.03. The third-order valence-electron chi connectivity index (χ3n) is 2.49. The fraction of sp³-hybridized carbons (Fsp3) is 0.385. The molecule has 1 unspecified atom stereocenters. The highest BCUT2D eigenvalue weighted by Gasteiger charge is 2.14. The van der Waals surface area contributed by atoms with Crippen molar-refractivity contribution in [1.82, 2.24) is 5.32 Å². The molecule has 3 heteroatoms. The van der Waals surface area contributed by atoms with Crippen LogP contribution in [0.4, 0.5) is 0 Å². The first-order chi connectivity index (χ1) is 7.54. The van der Waals surface area contributed by atoms with Crippen LogP contribution in [0, 0.1) is 6.92 Å². The van der Waals surface area contributed by atoms with E-state index in [9.17, 15) is 9.59 Å². The molecule has 1 aromatic rings. The maximum atomic E-state index is 11.7. The second kappa shape index (κ2) is 5.45. The minimum atomic E-state index is -0.418. The van der Waals surface area contributed by atoms with Crippen molar-refractivity contribution >= 4 is 11.7 Å². The van der Waals surface area contributed by atoms with Gasteiger partial charge in [-0.2, -0.15) is 0 Å². The second-order valence-electron chi connectivity index (χ2n) is 3.88. The molecule has 0 fully saturated rings. The number of nitrogens with one attached hydrogen (secondary N) is 1. The van der Waals surface area contributed by atoms with Gasteiger partial charge in [0.1, 0.15) is 0 Å². The van der Waals surface area contributed by atoms with E-state index in [4.69, 9.17) is 0 Å². The average Bonchev–Trinajstić information content (AvgIpc) is 2.28. The molecule has 1 rings (SSSR count). The van der Waals surface area contributed by atoms with Crippen LogP contribution in [0.3, 0.4) is 0 Å². The number of hydrogen-bond acceptors (Lipinski definition) is 2. The molecule has 1 aromatic carbocycles. The zero-order valence-electron chi connectivity index (χ0n) is 9.91. The first-order valence-electron chi connectivity index (χ1n) is 5.44. The predicted octanol–water partition coefficient (Wildman–Crippen LogP) is 2.09. The zero-order chi connectivity index (χ0) is 12.1. The van der Waals surface area contributed by atoms with Gasteiger partial charge in [0.2, 0.25) is 0 Å². The van der Waals surface area contributed by atoms with E-state index in [1.807, 2.05) is 19.1 Å². The Hall–Kier alpha value is -1.64. The molecule has 1 N–H and O–H groups in total. The monoisotopic (exact) mass is 219 g/mol. The summed E-state index contributed by atoms with van der Waals surface area (Å²) in [5.41, 5.74) is 1.69. The number of benzene rings is 1. The normalized spacial score (nSPS) is 11.9. The van der Waals surface area contributed by atoms with Crippen LogP contribution in [0.5, 0.6) is 0 Å². The Morgan fingerprint density at radius 3 is 2.31 bits per heavy atom. The topological polar surface area (TPSA) is 46.2 Å². The van der Waals surface area contributed by atoms with E-state index in [1.54, 1.807) is 26.0 Å². The molecule has 0 spiro atoms. The maximum Gasteiger partial charge on any atom is 0.251 e. The molecule has 0 aromatic heterocycles. The molecule has 0 aliphatic heterocycles. The highest BCUT2D eigenvalue weighted by molar-refractivity contribution is 5.97. The predicted molar refractivity (Wildman–Crippen MR) is 63.4 cm³/mol. The summed E-state index contributed by atoms with van der Waals surface area (Å²) in [5.74, 6) is -0.158. The Bertz CT molecular complexity index is 381. The Morgan fingerprint density at radius 2 is 1.81 bits per heavy atom. The van der Waals surface area contributed by atoms with E-state index in [1.165, 1.54) is 0 Å². The molecule has 16 heavy (non-hydrogen) atoms. The summed E-state index contributed by atoms with van der Waals surface area (Å²) >= 11 is 0. The molecule has 0 aliphatic rings. The van der Waals surface area contributed by atoms with Crippen molar-refractivity contribution in [2.24, 2.45) is 0 Å². The summed E-state index contributed by atoms with van der Waals surface area (Å²) in [4.78, 5) is 23.0. The summed E-state index contributed by atoms with van der Waals surface area (Å²) in [6, 6.07) is 6.85. The van der Waals surface area contributed by atoms with Crippen molar-refractivity contribution in [3.8, 4) is 0 Å². The molecule has 1 amide bonds. The van der Waals surface area contributed by atoms with Gasteiger partial charge in [-0.05, 0) is 26.0 Å². The van der Waals surface area contributed by atoms with E-state index >= 15 is 0 Å². The summed E-state index contributed by atoms with van der Waals surface area (Å²) in [7, 11) is 0. The smallest absolute Gasteiger partial charge is 0.251 e. The second-order valence-corrected chi connectivity index (χ2v) is 3.88. The fourth-order valence-electron chi connectivity index (χ4n) is 1.37. The molecule has 1 atom stereocenters. The molecule has 0 aliphatic carbocycles. The van der Waals surface area contributed by atoms with Crippen LogP contribution >= 0.6 is 0 Å². The Labute approximate surface area is 95.9 Å². The molecule has 0 bridgehead atoms. The number of Topliss-reactive ketones (excluding diaryl/α,β-unsaturated/α-hetero) is 1. The lowest BCUT2D eigenvalue weighted by Gasteiger charge is -2.11. The fourth-order valence-corrected chi connectivity index (χ4v) is 1.37. The molecule has 0 saturated heterocycles. The van der Waals surface area contributed by atoms with Crippen LogP contribution in [0.2, 0.25) is 0 Å². The number of rotatable bonds is 4. The Balaban J connectivity index is 2.65. The van der Waals surface area contributed by atoms with E-state index < -0.39 is 6.04 Å². The number of carbonyl (C=O) groups excluding carboxylic acids is 2. The summed E-state index contributed by atoms with van der Waals surface area (Å²) < 4.78 is 0. The highest BCUT2D eigenvalue weighted by atomic mass is 16.2. The van der Waals surface area contributed by atoms with E-state index in [2.05, 4.69) is 5.32 Å². The number of hydrogen-bond donors (Lipinski definition) is 1. The van der Waals surface area contributed by atoms with E-state index in [-0.39, 0.29) is 11.7 Å². The van der Waals surface area contributed by atoms with Gasteiger partial charge in [-0.15, -0.1) is 0 Å². The minimum absolute atomic E-state index is 0.0421. The van der Waals surface area contributed by atoms with Crippen molar-refractivity contribution in [1.29, 1.82) is 0 Å². The average molecular weight is 219 g/mol. The van der Waals surface area contributed by atoms with Gasteiger partial charge in [0, 0.05) is 12.0 Å². The summed E-state index contributed by atoms with van der Waals surface area (Å²) in [6.45, 7) is 5.46. The van der Waals surface area contributed by atoms with Gasteiger partial charge in [-0.25, -0.2) is 0 Å². The van der Waals surface area contributed by atoms with Crippen molar-refractivity contribution < 1.29 is 9.59 Å². The Morgan fingerprint density at radius 1 is 1.25 bits per heavy atom. The third-order valence-corrected chi connectivity index (χ3v) is 2.49. The number of aryl methyl sites for hydroxylation is 1. The first-order valence-corrected chi connectivity index (χ1v) is 5.44. The van der Waals surface area contributed by atoms with Gasteiger partial charge in [-0.3, -0.25) is 9.59 Å². The number of amides is 1. The largest absolute Gasteiger partial charge is 0.343 e. The quantitative estimate of drug-likeness (QED) is 0.842. The van der Waals surface area contributed by atoms with Crippen molar-refractivity contribution in [3.63, 3.8) is 0 Å². The van der Waals surface area contributed by atoms with Crippen LogP contribution in [0.15, 0.2) is 24.3 Å². The van der Waals surface area contributed by atoms with Gasteiger partial charge < -0.3 is 5.32 Å². The van der Waals surface area contributed by atoms with Gasteiger partial charge in [0.25, 0.3) is 5.91 Å². The van der Waals surface area contributed by atoms with Gasteiger partial charge in [0.15, 0.2) is 5.78 Å². The molecule has 0 heterocycles. The van der Waals surface area contributed by atoms with E-state index in [0.717, 1.165) is 5.56 Å². The van der Waals surface area contributed by atoms with Crippen LogP contribution in [-0.4, -0.2) is 17.7 Å². The Kier molecular flexibility index (Phi) is 4.23. The van der Waals surface area contributed by atoms with Gasteiger partial charge in [0.05, 0.1) is 6.04 Å². The molecular formula is C13H17NO2. The van der Waals surface area contributed by atoms with E-state index in [0.29, 0.717) is 12.0 Å². The first kappa shape index (κ1) is 12.4. The van der Waals surface area contributed by atoms with Crippen LogP contribution in [0.1, 0.15) is 36.2 Å². The van der Waals surface area contributed by atoms with Crippen molar-refractivity contribution in [2.75, 3.05) is 0 Å². The lowest BCUT2D eigenvalue weighted by atomic mass is 10.1. The standard InChI is InChI=1S/C13H17NO2/c1-4-12(15)10(3)14-13(16)11-7-5-9(2)6-8-11/h5-8,10H,4H2,1-3H3,(H,14,16). The summed E-state index contributed by atoms with van der Waals surface area (Å²) in [5, 5.41) is 2.68. The number of ketones is 1. The van der Waals surface area contributed by atoms with Gasteiger partial charge >= 0.3 is 0 Å². The number of carbonyl (C=O) groups is 2. The van der Waals surface area contributed by atoms with Crippen molar-refractivity contribution in [3.05, 3.63) is 35.4 Å². The maximum absolute atomic E-state index is 11.7. The third kappa shape index (κ3) is 3.19. The van der Waals surface area contributed by atoms with Crippen LogP contribution in [-0.2, 0) is 4.79 Å². The lowest BCUT2D eigenvalue weighted by molar-refractivity contribution is -0.120. The lowest BCUT2D eigenvalue weighted by Crippen LogP contribution is -2.38. The van der Waals surface area contributed by atoms with Gasteiger partial charge in [-0.1, -0.05) is 24.6 Å². The molecule has 0 radical (unpaired) electrons. The SMILES string of the molecule is CCC(=O)C(C)NC(=O)c1ccc(C)cc1. The molecule has 3 nitrogen and oxygen atoms in total. The van der Waals surface area contributed by atoms with Crippen molar-refractivity contribution in [2.45, 2.75) is 33.2 Å². The van der Waals surface area contributed by atoms with Crippen LogP contribution in [0.25, 0.3) is 0 Å². The molecular weight excluding hydrogens is 202 g/mol. The molecule has 0 saturated carbocycles. The summed E-state index contributed by atoms with van der Waals surface area (Å²) in [6.07, 6.45) is 0.440. The minimum Gasteiger partial charge on any atom is -0.343 e. The molecule has 86 valence electrons. The zero-order valence-corrected chi connectivity index (χ0v) is 9.91. The van der Waals surface area contributed by atoms with Crippen LogP contribution < -0.4 is 5.32 Å².